The molecule has 102 valence electrons. The third kappa shape index (κ3) is 3.82. The number of benzene rings is 1. The van der Waals surface area contributed by atoms with Gasteiger partial charge in [-0.05, 0) is 36.8 Å². The van der Waals surface area contributed by atoms with E-state index in [1.54, 1.807) is 24.3 Å². The van der Waals surface area contributed by atoms with Crippen molar-refractivity contribution in [2.75, 3.05) is 18.1 Å². The molecule has 0 spiro atoms. The van der Waals surface area contributed by atoms with Gasteiger partial charge in [-0.25, -0.2) is 8.42 Å². The number of hydrogen-bond donors (Lipinski definition) is 1. The van der Waals surface area contributed by atoms with Gasteiger partial charge in [0.25, 0.3) is 0 Å². The van der Waals surface area contributed by atoms with E-state index in [-0.39, 0.29) is 0 Å². The van der Waals surface area contributed by atoms with Crippen molar-refractivity contribution in [3.8, 4) is 0 Å². The lowest BCUT2D eigenvalue weighted by molar-refractivity contribution is 0.602. The minimum atomic E-state index is -3.12. The van der Waals surface area contributed by atoms with Gasteiger partial charge in [0.2, 0.25) is 0 Å². The largest absolute Gasteiger partial charge is 0.383 e. The summed E-state index contributed by atoms with van der Waals surface area (Å²) in [4.78, 5) is 0.334. The van der Waals surface area contributed by atoms with E-state index >= 15 is 0 Å². The van der Waals surface area contributed by atoms with Crippen LogP contribution in [0.1, 0.15) is 5.56 Å². The molecule has 0 saturated carbocycles. The van der Waals surface area contributed by atoms with Gasteiger partial charge < -0.3 is 5.32 Å². The molecular weight excluding hydrogens is 262 g/mol. The highest BCUT2D eigenvalue weighted by atomic mass is 32.2. The number of hydrogen-bond acceptors (Lipinski definition) is 4. The molecule has 0 aliphatic rings. The van der Waals surface area contributed by atoms with Gasteiger partial charge in [-0.2, -0.15) is 5.10 Å². The van der Waals surface area contributed by atoms with Crippen LogP contribution in [0, 0.1) is 6.92 Å². The molecule has 0 amide bonds. The van der Waals surface area contributed by atoms with Crippen LogP contribution < -0.4 is 5.32 Å². The van der Waals surface area contributed by atoms with E-state index in [1.807, 2.05) is 24.0 Å². The van der Waals surface area contributed by atoms with Crippen LogP contribution in [-0.4, -0.2) is 31.0 Å². The van der Waals surface area contributed by atoms with Gasteiger partial charge in [0.1, 0.15) is 0 Å². The molecular formula is C13H17N3O2S. The lowest BCUT2D eigenvalue weighted by Gasteiger charge is -2.07. The maximum Gasteiger partial charge on any atom is 0.175 e. The molecule has 0 aliphatic carbocycles. The van der Waals surface area contributed by atoms with E-state index in [1.165, 1.54) is 6.26 Å². The average Bonchev–Trinajstić information content (AvgIpc) is 2.75. The molecule has 1 aromatic heterocycles. The standard InChI is InChI=1S/C13H17N3O2S/c1-11-9-15-16(10-11)8-7-14-12-3-5-13(6-4-12)19(2,17)18/h3-6,9-10,14H,7-8H2,1-2H3. The molecule has 5 nitrogen and oxygen atoms in total. The molecule has 19 heavy (non-hydrogen) atoms. The van der Waals surface area contributed by atoms with Crippen LogP contribution in [-0.2, 0) is 16.4 Å². The summed E-state index contributed by atoms with van der Waals surface area (Å²) < 4.78 is 24.5. The van der Waals surface area contributed by atoms with Crippen molar-refractivity contribution in [1.82, 2.24) is 9.78 Å². The number of sulfone groups is 1. The Kier molecular flexibility index (Phi) is 3.90. The highest BCUT2D eigenvalue weighted by molar-refractivity contribution is 7.90. The van der Waals surface area contributed by atoms with E-state index in [0.29, 0.717) is 4.90 Å². The topological polar surface area (TPSA) is 64.0 Å². The van der Waals surface area contributed by atoms with Crippen molar-refractivity contribution in [3.05, 3.63) is 42.2 Å². The monoisotopic (exact) mass is 279 g/mol. The summed E-state index contributed by atoms with van der Waals surface area (Å²) in [6.45, 7) is 3.50. The van der Waals surface area contributed by atoms with Crippen molar-refractivity contribution in [2.45, 2.75) is 18.4 Å². The van der Waals surface area contributed by atoms with Crippen LogP contribution in [0.4, 0.5) is 5.69 Å². The van der Waals surface area contributed by atoms with Crippen molar-refractivity contribution < 1.29 is 8.42 Å². The fraction of sp³-hybridized carbons (Fsp3) is 0.308. The van der Waals surface area contributed by atoms with Crippen LogP contribution in [0.3, 0.4) is 0 Å². The Morgan fingerprint density at radius 1 is 1.26 bits per heavy atom. The highest BCUT2D eigenvalue weighted by Gasteiger charge is 2.05. The normalized spacial score (nSPS) is 11.5. The van der Waals surface area contributed by atoms with Crippen molar-refractivity contribution in [1.29, 1.82) is 0 Å². The molecule has 0 bridgehead atoms. The Hall–Kier alpha value is -1.82. The van der Waals surface area contributed by atoms with Crippen molar-refractivity contribution in [2.24, 2.45) is 0 Å². The molecule has 0 unspecified atom stereocenters. The van der Waals surface area contributed by atoms with E-state index < -0.39 is 9.84 Å². The van der Waals surface area contributed by atoms with Crippen LogP contribution in [0.5, 0.6) is 0 Å². The van der Waals surface area contributed by atoms with Crippen LogP contribution in [0.15, 0.2) is 41.6 Å². The SMILES string of the molecule is Cc1cnn(CCNc2ccc(S(C)(=O)=O)cc2)c1. The van der Waals surface area contributed by atoms with Crippen LogP contribution >= 0.6 is 0 Å². The second-order valence-electron chi connectivity index (χ2n) is 4.50. The highest BCUT2D eigenvalue weighted by Crippen LogP contribution is 2.13. The first kappa shape index (κ1) is 13.6. The molecule has 1 N–H and O–H groups in total. The number of nitrogens with zero attached hydrogens (tertiary/aromatic N) is 2. The minimum absolute atomic E-state index is 0.334. The first-order valence-corrected chi connectivity index (χ1v) is 7.87. The third-order valence-corrected chi connectivity index (χ3v) is 3.84. The molecule has 6 heteroatoms. The number of aromatic nitrogens is 2. The minimum Gasteiger partial charge on any atom is -0.383 e. The van der Waals surface area contributed by atoms with E-state index in [9.17, 15) is 8.42 Å². The number of anilines is 1. The predicted octanol–water partition coefficient (Wildman–Crippen LogP) is 1.71. The fourth-order valence-corrected chi connectivity index (χ4v) is 2.35. The Morgan fingerprint density at radius 2 is 1.95 bits per heavy atom. The fourth-order valence-electron chi connectivity index (χ4n) is 1.72. The zero-order valence-electron chi connectivity index (χ0n) is 11.0. The first-order chi connectivity index (χ1) is 8.95. The average molecular weight is 279 g/mol. The smallest absolute Gasteiger partial charge is 0.175 e. The molecule has 0 radical (unpaired) electrons. The Balaban J connectivity index is 1.90. The number of aryl methyl sites for hydroxylation is 1. The Morgan fingerprint density at radius 3 is 2.47 bits per heavy atom. The van der Waals surface area contributed by atoms with Gasteiger partial charge in [-0.15, -0.1) is 0 Å². The van der Waals surface area contributed by atoms with Gasteiger partial charge in [-0.1, -0.05) is 0 Å². The van der Waals surface area contributed by atoms with Crippen molar-refractivity contribution in [3.63, 3.8) is 0 Å². The molecule has 0 aliphatic heterocycles. The second-order valence-corrected chi connectivity index (χ2v) is 6.52. The van der Waals surface area contributed by atoms with E-state index in [0.717, 1.165) is 24.3 Å². The van der Waals surface area contributed by atoms with E-state index in [2.05, 4.69) is 10.4 Å². The molecule has 2 aromatic rings. The first-order valence-electron chi connectivity index (χ1n) is 5.98. The summed E-state index contributed by atoms with van der Waals surface area (Å²) in [6, 6.07) is 6.75. The lowest BCUT2D eigenvalue weighted by atomic mass is 10.3. The summed E-state index contributed by atoms with van der Waals surface area (Å²) in [6.07, 6.45) is 5.00. The summed E-state index contributed by atoms with van der Waals surface area (Å²) in [5.41, 5.74) is 2.04. The maximum absolute atomic E-state index is 11.3. The van der Waals surface area contributed by atoms with Gasteiger partial charge in [0.05, 0.1) is 17.6 Å². The van der Waals surface area contributed by atoms with Crippen molar-refractivity contribution >= 4 is 15.5 Å². The quantitative estimate of drug-likeness (QED) is 0.905. The molecule has 1 aromatic carbocycles. The Labute approximate surface area is 113 Å². The van der Waals surface area contributed by atoms with Gasteiger partial charge >= 0.3 is 0 Å². The maximum atomic E-state index is 11.3. The number of rotatable bonds is 5. The molecule has 0 atom stereocenters. The van der Waals surface area contributed by atoms with Gasteiger partial charge in [-0.3, -0.25) is 4.68 Å². The molecule has 0 fully saturated rings. The van der Waals surface area contributed by atoms with E-state index in [4.69, 9.17) is 0 Å². The Bertz CT molecular complexity index is 645. The van der Waals surface area contributed by atoms with Crippen LogP contribution in [0.2, 0.25) is 0 Å². The summed E-state index contributed by atoms with van der Waals surface area (Å²) in [7, 11) is -3.12. The zero-order chi connectivity index (χ0) is 13.9. The van der Waals surface area contributed by atoms with Gasteiger partial charge in [0.15, 0.2) is 9.84 Å². The number of nitrogens with one attached hydrogen (secondary N) is 1. The molecule has 1 heterocycles. The molecule has 2 rings (SSSR count). The lowest BCUT2D eigenvalue weighted by Crippen LogP contribution is -2.10. The zero-order valence-corrected chi connectivity index (χ0v) is 11.8. The van der Waals surface area contributed by atoms with Gasteiger partial charge in [0, 0.05) is 24.7 Å². The van der Waals surface area contributed by atoms with Crippen LogP contribution in [0.25, 0.3) is 0 Å². The third-order valence-electron chi connectivity index (χ3n) is 2.71. The predicted molar refractivity (Wildman–Crippen MR) is 75.0 cm³/mol. The summed E-state index contributed by atoms with van der Waals surface area (Å²) in [5.74, 6) is 0. The molecule has 0 saturated heterocycles. The summed E-state index contributed by atoms with van der Waals surface area (Å²) in [5, 5.41) is 7.42. The summed E-state index contributed by atoms with van der Waals surface area (Å²) >= 11 is 0. The second kappa shape index (κ2) is 5.44.